The summed E-state index contributed by atoms with van der Waals surface area (Å²) >= 11 is 0. The van der Waals surface area contributed by atoms with Gasteiger partial charge in [0.2, 0.25) is 0 Å². The fraction of sp³-hybridized carbons (Fsp3) is 0.579. The maximum absolute atomic E-state index is 12.7. The zero-order chi connectivity index (χ0) is 18.4. The van der Waals surface area contributed by atoms with Crippen LogP contribution in [0.15, 0.2) is 18.2 Å². The zero-order valence-corrected chi connectivity index (χ0v) is 14.6. The summed E-state index contributed by atoms with van der Waals surface area (Å²) in [6, 6.07) is 3.84. The first-order valence-corrected chi connectivity index (χ1v) is 9.16. The second-order valence-electron chi connectivity index (χ2n) is 7.75. The van der Waals surface area contributed by atoms with Crippen molar-refractivity contribution in [3.05, 3.63) is 39.4 Å². The largest absolute Gasteiger partial charge is 0.465 e. The van der Waals surface area contributed by atoms with Crippen molar-refractivity contribution in [3.8, 4) is 0 Å². The lowest BCUT2D eigenvalue weighted by molar-refractivity contribution is -0.384. The van der Waals surface area contributed by atoms with E-state index in [9.17, 15) is 19.7 Å². The van der Waals surface area contributed by atoms with E-state index < -0.39 is 10.9 Å². The first kappa shape index (κ1) is 17.0. The third-order valence-corrected chi connectivity index (χ3v) is 6.56. The average Bonchev–Trinajstić information content (AvgIpc) is 3.33. The number of amides is 1. The lowest BCUT2D eigenvalue weighted by Gasteiger charge is -2.32. The number of benzene rings is 1. The quantitative estimate of drug-likeness (QED) is 0.507. The summed E-state index contributed by atoms with van der Waals surface area (Å²) in [6.45, 7) is 0. The minimum atomic E-state index is -0.698. The van der Waals surface area contributed by atoms with Crippen molar-refractivity contribution in [2.75, 3.05) is 7.11 Å². The Labute approximate surface area is 151 Å². The van der Waals surface area contributed by atoms with E-state index in [1.54, 1.807) is 0 Å². The van der Waals surface area contributed by atoms with E-state index >= 15 is 0 Å². The number of nitrogens with one attached hydrogen (secondary N) is 1. The third-order valence-electron chi connectivity index (χ3n) is 6.56. The van der Waals surface area contributed by atoms with Crippen LogP contribution in [0.5, 0.6) is 0 Å². The predicted octanol–water partition coefficient (Wildman–Crippen LogP) is 2.94. The van der Waals surface area contributed by atoms with E-state index in [1.807, 2.05) is 0 Å². The summed E-state index contributed by atoms with van der Waals surface area (Å²) in [6.07, 6.45) is 6.04. The predicted molar refractivity (Wildman–Crippen MR) is 92.7 cm³/mol. The van der Waals surface area contributed by atoms with Crippen LogP contribution in [0.4, 0.5) is 5.69 Å². The Kier molecular flexibility index (Phi) is 4.17. The zero-order valence-electron chi connectivity index (χ0n) is 14.6. The molecule has 1 aromatic rings. The molecule has 0 heterocycles. The first-order valence-electron chi connectivity index (χ1n) is 9.16. The number of carbonyl (C=O) groups excluding carboxylic acids is 2. The number of carbonyl (C=O) groups is 2. The number of non-ortho nitro benzene ring substituents is 1. The molecular formula is C19H22N2O5. The molecule has 7 heteroatoms. The van der Waals surface area contributed by atoms with Gasteiger partial charge in [-0.05, 0) is 55.4 Å². The molecule has 3 fully saturated rings. The van der Waals surface area contributed by atoms with Crippen LogP contribution in [0.3, 0.4) is 0 Å². The van der Waals surface area contributed by atoms with Crippen molar-refractivity contribution in [2.45, 2.75) is 38.1 Å². The molecule has 4 rings (SSSR count). The molecule has 1 N–H and O–H groups in total. The number of nitro groups is 1. The van der Waals surface area contributed by atoms with Crippen LogP contribution in [0.2, 0.25) is 0 Å². The van der Waals surface area contributed by atoms with Crippen molar-refractivity contribution < 1.29 is 19.2 Å². The van der Waals surface area contributed by atoms with Gasteiger partial charge in [0.25, 0.3) is 11.6 Å². The number of hydrogen-bond acceptors (Lipinski definition) is 5. The van der Waals surface area contributed by atoms with E-state index in [-0.39, 0.29) is 28.8 Å². The molecule has 0 radical (unpaired) electrons. The molecule has 1 aromatic carbocycles. The first-order chi connectivity index (χ1) is 12.5. The van der Waals surface area contributed by atoms with Crippen LogP contribution in [-0.4, -0.2) is 30.0 Å². The number of nitrogens with zero attached hydrogens (tertiary/aromatic N) is 1. The van der Waals surface area contributed by atoms with Gasteiger partial charge in [-0.15, -0.1) is 0 Å². The van der Waals surface area contributed by atoms with Gasteiger partial charge in [0.1, 0.15) is 0 Å². The van der Waals surface area contributed by atoms with Gasteiger partial charge in [0, 0.05) is 23.7 Å². The van der Waals surface area contributed by atoms with Gasteiger partial charge in [0.15, 0.2) is 0 Å². The number of hydrogen-bond donors (Lipinski definition) is 1. The van der Waals surface area contributed by atoms with Crippen molar-refractivity contribution >= 4 is 17.6 Å². The fourth-order valence-corrected chi connectivity index (χ4v) is 5.57. The van der Waals surface area contributed by atoms with Gasteiger partial charge < -0.3 is 10.1 Å². The Morgan fingerprint density at radius 1 is 1.12 bits per heavy atom. The van der Waals surface area contributed by atoms with Crippen LogP contribution in [-0.2, 0) is 4.74 Å². The SMILES string of the molecule is COC(=O)c1cc(C(=O)NC2CC3CC2C2CCCC32)cc([N+](=O)[O-])c1. The highest BCUT2D eigenvalue weighted by Crippen LogP contribution is 2.58. The van der Waals surface area contributed by atoms with E-state index in [2.05, 4.69) is 10.1 Å². The summed E-state index contributed by atoms with van der Waals surface area (Å²) in [5.74, 6) is 1.72. The fourth-order valence-electron chi connectivity index (χ4n) is 5.57. The Morgan fingerprint density at radius 2 is 1.85 bits per heavy atom. The Morgan fingerprint density at radius 3 is 2.58 bits per heavy atom. The second-order valence-corrected chi connectivity index (χ2v) is 7.75. The molecule has 1 amide bonds. The highest BCUT2D eigenvalue weighted by molar-refractivity contribution is 5.99. The lowest BCUT2D eigenvalue weighted by Crippen LogP contribution is -2.42. The number of nitro benzene ring substituents is 1. The van der Waals surface area contributed by atoms with Gasteiger partial charge in [-0.3, -0.25) is 14.9 Å². The molecule has 5 atom stereocenters. The molecular weight excluding hydrogens is 336 g/mol. The Balaban J connectivity index is 1.54. The molecule has 0 spiro atoms. The number of ether oxygens (including phenoxy) is 1. The topological polar surface area (TPSA) is 98.5 Å². The van der Waals surface area contributed by atoms with Gasteiger partial charge >= 0.3 is 5.97 Å². The molecule has 7 nitrogen and oxygen atoms in total. The van der Waals surface area contributed by atoms with E-state index in [1.165, 1.54) is 44.9 Å². The summed E-state index contributed by atoms with van der Waals surface area (Å²) in [5, 5.41) is 14.2. The van der Waals surface area contributed by atoms with Gasteiger partial charge in [-0.25, -0.2) is 4.79 Å². The summed E-state index contributed by atoms with van der Waals surface area (Å²) in [4.78, 5) is 35.0. The van der Waals surface area contributed by atoms with Crippen molar-refractivity contribution in [1.29, 1.82) is 0 Å². The van der Waals surface area contributed by atoms with E-state index in [4.69, 9.17) is 0 Å². The normalized spacial score (nSPS) is 31.5. The average molecular weight is 358 g/mol. The van der Waals surface area contributed by atoms with Crippen molar-refractivity contribution in [3.63, 3.8) is 0 Å². The maximum Gasteiger partial charge on any atom is 0.338 e. The molecule has 26 heavy (non-hydrogen) atoms. The lowest BCUT2D eigenvalue weighted by atomic mass is 9.79. The number of fused-ring (bicyclic) bond motifs is 5. The number of methoxy groups -OCH3 is 1. The molecule has 3 aliphatic carbocycles. The number of esters is 1. The highest BCUT2D eigenvalue weighted by atomic mass is 16.6. The maximum atomic E-state index is 12.7. The molecule has 2 bridgehead atoms. The molecule has 5 unspecified atom stereocenters. The molecule has 0 saturated heterocycles. The van der Waals surface area contributed by atoms with Crippen molar-refractivity contribution in [1.82, 2.24) is 5.32 Å². The van der Waals surface area contributed by atoms with Crippen LogP contribution in [0.25, 0.3) is 0 Å². The highest BCUT2D eigenvalue weighted by Gasteiger charge is 2.54. The van der Waals surface area contributed by atoms with Crippen molar-refractivity contribution in [2.24, 2.45) is 23.7 Å². The van der Waals surface area contributed by atoms with E-state index in [0.29, 0.717) is 11.8 Å². The summed E-state index contributed by atoms with van der Waals surface area (Å²) in [5.41, 5.74) is -0.150. The van der Waals surface area contributed by atoms with Crippen LogP contribution in [0.1, 0.15) is 52.8 Å². The molecule has 0 aliphatic heterocycles. The van der Waals surface area contributed by atoms with Gasteiger partial charge in [0.05, 0.1) is 17.6 Å². The van der Waals surface area contributed by atoms with Crippen LogP contribution < -0.4 is 5.32 Å². The van der Waals surface area contributed by atoms with Gasteiger partial charge in [-0.2, -0.15) is 0 Å². The minimum absolute atomic E-state index is 0.00986. The smallest absolute Gasteiger partial charge is 0.338 e. The van der Waals surface area contributed by atoms with Gasteiger partial charge in [-0.1, -0.05) is 6.42 Å². The Hall–Kier alpha value is -2.44. The summed E-state index contributed by atoms with van der Waals surface area (Å²) < 4.78 is 4.63. The van der Waals surface area contributed by atoms with Crippen LogP contribution >= 0.6 is 0 Å². The summed E-state index contributed by atoms with van der Waals surface area (Å²) in [7, 11) is 1.20. The molecule has 138 valence electrons. The monoisotopic (exact) mass is 358 g/mol. The number of rotatable bonds is 4. The standard InChI is InChI=1S/C19H22N2O5/c1-26-19(23)12-5-11(6-13(7-12)21(24)25)18(22)20-17-9-10-8-16(17)15-4-2-3-14(10)15/h5-7,10,14-17H,2-4,8-9H2,1H3,(H,20,22). The second kappa shape index (κ2) is 6.37. The minimum Gasteiger partial charge on any atom is -0.465 e. The van der Waals surface area contributed by atoms with E-state index in [0.717, 1.165) is 24.3 Å². The molecule has 3 aliphatic rings. The third kappa shape index (κ3) is 2.75. The molecule has 3 saturated carbocycles. The van der Waals surface area contributed by atoms with Crippen LogP contribution in [0, 0.1) is 33.8 Å². The Bertz CT molecular complexity index is 777. The molecule has 0 aromatic heterocycles.